The predicted octanol–water partition coefficient (Wildman–Crippen LogP) is 11.7. The summed E-state index contributed by atoms with van der Waals surface area (Å²) < 4.78 is 39.4. The Kier molecular flexibility index (Phi) is 19.6. The van der Waals surface area contributed by atoms with Crippen molar-refractivity contribution < 1.29 is 57.1 Å². The van der Waals surface area contributed by atoms with Crippen LogP contribution < -0.4 is 29.1 Å². The molecule has 14 heteroatoms. The SMILES string of the molecule is C=CC(=O)OCCCCCCOc1ccc(C(=O)Oc2ccc(OC(=O)c3ccc(OCCCCCCOC(=O)C=C)cc3)c(OC(=O)C(=C)C)c2/C=N/Nc2cc3ccccc3c3ccccc23)cc1. The van der Waals surface area contributed by atoms with Crippen molar-refractivity contribution in [2.24, 2.45) is 5.10 Å². The molecule has 0 atom stereocenters. The molecule has 0 aromatic heterocycles. The zero-order valence-corrected chi connectivity index (χ0v) is 39.7. The lowest BCUT2D eigenvalue weighted by Crippen LogP contribution is -2.16. The second-order valence-corrected chi connectivity index (χ2v) is 16.1. The highest BCUT2D eigenvalue weighted by Crippen LogP contribution is 2.39. The van der Waals surface area contributed by atoms with Crippen LogP contribution in [0.5, 0.6) is 28.7 Å². The molecule has 0 amide bonds. The molecule has 14 nitrogen and oxygen atoms in total. The highest BCUT2D eigenvalue weighted by atomic mass is 16.6. The summed E-state index contributed by atoms with van der Waals surface area (Å²) >= 11 is 0. The molecule has 0 unspecified atom stereocenters. The van der Waals surface area contributed by atoms with Crippen LogP contribution in [0.3, 0.4) is 0 Å². The Morgan fingerprint density at radius 1 is 0.549 bits per heavy atom. The molecule has 0 aliphatic carbocycles. The molecule has 6 aromatic carbocycles. The van der Waals surface area contributed by atoms with Gasteiger partial charge in [-0.3, -0.25) is 5.43 Å². The first-order valence-corrected chi connectivity index (χ1v) is 23.3. The van der Waals surface area contributed by atoms with E-state index in [0.717, 1.165) is 85.1 Å². The number of carbonyl (C=O) groups is 5. The van der Waals surface area contributed by atoms with E-state index < -0.39 is 29.8 Å². The molecule has 0 fully saturated rings. The summed E-state index contributed by atoms with van der Waals surface area (Å²) in [7, 11) is 0. The fraction of sp³-hybridized carbons (Fsp3) is 0.228. The van der Waals surface area contributed by atoms with Crippen LogP contribution in [0.25, 0.3) is 21.5 Å². The smallest absolute Gasteiger partial charge is 0.343 e. The molecule has 0 heterocycles. The minimum Gasteiger partial charge on any atom is -0.494 e. The quantitative estimate of drug-likeness (QED) is 0.00983. The monoisotopic (exact) mass is 960 g/mol. The Hall–Kier alpha value is -8.52. The maximum absolute atomic E-state index is 13.8. The number of esters is 5. The van der Waals surface area contributed by atoms with E-state index in [1.54, 1.807) is 48.5 Å². The average molecular weight is 961 g/mol. The van der Waals surface area contributed by atoms with Crippen LogP contribution in [-0.4, -0.2) is 62.5 Å². The van der Waals surface area contributed by atoms with Gasteiger partial charge >= 0.3 is 29.8 Å². The number of carbonyl (C=O) groups excluding carboxylic acids is 5. The number of anilines is 1. The second-order valence-electron chi connectivity index (χ2n) is 16.1. The van der Waals surface area contributed by atoms with Gasteiger partial charge in [0.25, 0.3) is 0 Å². The number of hydrogen-bond acceptors (Lipinski definition) is 14. The van der Waals surface area contributed by atoms with Gasteiger partial charge in [-0.1, -0.05) is 68.3 Å². The lowest BCUT2D eigenvalue weighted by atomic mass is 10.0. The Balaban J connectivity index is 1.20. The van der Waals surface area contributed by atoms with Crippen LogP contribution in [0.15, 0.2) is 158 Å². The first kappa shape index (κ1) is 51.9. The van der Waals surface area contributed by atoms with Gasteiger partial charge in [0.15, 0.2) is 11.5 Å². The van der Waals surface area contributed by atoms with Gasteiger partial charge in [0.2, 0.25) is 0 Å². The maximum Gasteiger partial charge on any atom is 0.343 e. The predicted molar refractivity (Wildman–Crippen MR) is 273 cm³/mol. The topological polar surface area (TPSA) is 174 Å². The molecule has 71 heavy (non-hydrogen) atoms. The first-order valence-electron chi connectivity index (χ1n) is 23.3. The lowest BCUT2D eigenvalue weighted by Gasteiger charge is -2.16. The Bertz CT molecular complexity index is 2890. The van der Waals surface area contributed by atoms with Crippen molar-refractivity contribution in [3.63, 3.8) is 0 Å². The van der Waals surface area contributed by atoms with Crippen LogP contribution in [0.4, 0.5) is 5.69 Å². The van der Waals surface area contributed by atoms with Crippen molar-refractivity contribution in [1.82, 2.24) is 0 Å². The van der Waals surface area contributed by atoms with Crippen molar-refractivity contribution in [1.29, 1.82) is 0 Å². The largest absolute Gasteiger partial charge is 0.494 e. The van der Waals surface area contributed by atoms with E-state index >= 15 is 0 Å². The molecule has 0 bridgehead atoms. The summed E-state index contributed by atoms with van der Waals surface area (Å²) in [6.07, 6.45) is 10.1. The molecular formula is C57H56N2O12. The van der Waals surface area contributed by atoms with Crippen molar-refractivity contribution in [3.8, 4) is 28.7 Å². The van der Waals surface area contributed by atoms with Crippen LogP contribution in [0, 0.1) is 0 Å². The van der Waals surface area contributed by atoms with Crippen molar-refractivity contribution >= 4 is 63.3 Å². The molecule has 0 saturated heterocycles. The molecule has 1 N–H and O–H groups in total. The van der Waals surface area contributed by atoms with Gasteiger partial charge < -0.3 is 33.2 Å². The average Bonchev–Trinajstić information content (AvgIpc) is 3.39. The van der Waals surface area contributed by atoms with Gasteiger partial charge in [-0.15, -0.1) is 0 Å². The van der Waals surface area contributed by atoms with Crippen LogP contribution >= 0.6 is 0 Å². The first-order chi connectivity index (χ1) is 34.5. The minimum atomic E-state index is -0.837. The highest BCUT2D eigenvalue weighted by Gasteiger charge is 2.24. The number of ether oxygens (including phenoxy) is 7. The number of benzene rings is 6. The van der Waals surface area contributed by atoms with E-state index in [2.05, 4.69) is 30.3 Å². The van der Waals surface area contributed by atoms with Crippen molar-refractivity contribution in [2.45, 2.75) is 58.3 Å². The summed E-state index contributed by atoms with van der Waals surface area (Å²) in [5, 5.41) is 8.47. The van der Waals surface area contributed by atoms with Crippen LogP contribution in [-0.2, 0) is 23.9 Å². The van der Waals surface area contributed by atoms with Gasteiger partial charge in [0.05, 0.1) is 55.0 Å². The molecule has 0 radical (unpaired) electrons. The Labute approximate surface area is 412 Å². The minimum absolute atomic E-state index is 0.00353. The number of hydrazone groups is 1. The molecular weight excluding hydrogens is 905 g/mol. The van der Waals surface area contributed by atoms with Gasteiger partial charge in [0.1, 0.15) is 17.2 Å². The normalized spacial score (nSPS) is 10.8. The van der Waals surface area contributed by atoms with Gasteiger partial charge in [-0.25, -0.2) is 24.0 Å². The molecule has 6 rings (SSSR count). The summed E-state index contributed by atoms with van der Waals surface area (Å²) in [4.78, 5) is 63.1. The second kappa shape index (κ2) is 26.9. The van der Waals surface area contributed by atoms with Crippen LogP contribution in [0.2, 0.25) is 0 Å². The fourth-order valence-electron chi connectivity index (χ4n) is 7.10. The molecule has 366 valence electrons. The summed E-state index contributed by atoms with van der Waals surface area (Å²) in [6.45, 7) is 13.5. The summed E-state index contributed by atoms with van der Waals surface area (Å²) in [6, 6.07) is 33.4. The number of nitrogens with zero attached hydrogens (tertiary/aromatic N) is 1. The third-order valence-corrected chi connectivity index (χ3v) is 10.8. The van der Waals surface area contributed by atoms with Gasteiger partial charge in [-0.2, -0.15) is 5.10 Å². The number of nitrogens with one attached hydrogen (secondary N) is 1. The Morgan fingerprint density at radius 2 is 1.03 bits per heavy atom. The molecule has 0 aliphatic heterocycles. The van der Waals surface area contributed by atoms with Gasteiger partial charge in [-0.05, 0) is 141 Å². The third-order valence-electron chi connectivity index (χ3n) is 10.8. The number of fused-ring (bicyclic) bond motifs is 3. The zero-order valence-electron chi connectivity index (χ0n) is 39.7. The van der Waals surface area contributed by atoms with E-state index in [4.69, 9.17) is 33.2 Å². The highest BCUT2D eigenvalue weighted by molar-refractivity contribution is 6.13. The number of rotatable bonds is 27. The Morgan fingerprint density at radius 3 is 1.56 bits per heavy atom. The maximum atomic E-state index is 13.8. The molecule has 0 aliphatic rings. The van der Waals surface area contributed by atoms with Crippen LogP contribution in [0.1, 0.15) is 84.6 Å². The van der Waals surface area contributed by atoms with Gasteiger partial charge in [0, 0.05) is 23.1 Å². The van der Waals surface area contributed by atoms with Crippen molar-refractivity contribution in [3.05, 3.63) is 169 Å². The number of hydrogen-bond donors (Lipinski definition) is 1. The summed E-state index contributed by atoms with van der Waals surface area (Å²) in [5.41, 5.74) is 4.20. The molecule has 6 aromatic rings. The standard InChI is InChI=1S/C57H56N2O12/c1-5-52(60)67-35-17-9-7-15-33-65-43-27-23-40(24-28-43)56(63)69-50-31-32-51(70-57(64)41-25-29-44(30-26-41)66-34-16-8-10-18-36-68-53(61)6-2)54(71-55(62)39(3)4)48(50)38-58-59-49-37-42-19-11-12-20-45(42)46-21-13-14-22-47(46)49/h5-6,11-14,19-32,37-38,59H,1-3,7-10,15-18,33-36H2,4H3/b58-38+. The zero-order chi connectivity index (χ0) is 50.4. The van der Waals surface area contributed by atoms with E-state index in [0.29, 0.717) is 43.6 Å². The van der Waals surface area contributed by atoms with E-state index in [1.165, 1.54) is 25.3 Å². The lowest BCUT2D eigenvalue weighted by molar-refractivity contribution is -0.138. The molecule has 0 saturated carbocycles. The fourth-order valence-corrected chi connectivity index (χ4v) is 7.10. The van der Waals surface area contributed by atoms with E-state index in [-0.39, 0.29) is 39.5 Å². The summed E-state index contributed by atoms with van der Waals surface area (Å²) in [5.74, 6) is -2.62. The van der Waals surface area contributed by atoms with E-state index in [1.807, 2.05) is 54.6 Å². The van der Waals surface area contributed by atoms with Crippen molar-refractivity contribution in [2.75, 3.05) is 31.9 Å². The van der Waals surface area contributed by atoms with E-state index in [9.17, 15) is 24.0 Å². The molecule has 0 spiro atoms. The number of unbranched alkanes of at least 4 members (excludes halogenated alkanes) is 6. The third kappa shape index (κ3) is 15.5.